The van der Waals surface area contributed by atoms with Gasteiger partial charge in [-0.2, -0.15) is 4.98 Å². The second-order valence-electron chi connectivity index (χ2n) is 8.43. The molecule has 154 valence electrons. The summed E-state index contributed by atoms with van der Waals surface area (Å²) in [6.45, 7) is 7.17. The van der Waals surface area contributed by atoms with E-state index < -0.39 is 0 Å². The number of hydrogen-bond donors (Lipinski definition) is 0. The highest BCUT2D eigenvalue weighted by Crippen LogP contribution is 2.39. The van der Waals surface area contributed by atoms with Crippen molar-refractivity contribution in [2.24, 2.45) is 0 Å². The summed E-state index contributed by atoms with van der Waals surface area (Å²) in [6, 6.07) is 14.3. The summed E-state index contributed by atoms with van der Waals surface area (Å²) < 4.78 is 5.37. The third-order valence-electron chi connectivity index (χ3n) is 5.89. The van der Waals surface area contributed by atoms with Crippen LogP contribution in [0, 0.1) is 13.8 Å². The largest absolute Gasteiger partial charge is 0.368 e. The van der Waals surface area contributed by atoms with Crippen LogP contribution in [-0.2, 0) is 0 Å². The SMILES string of the molecule is Cc1cc(C)cc(C(=O)N2CCN(c3ccc(-c4noc(C5CC5)n4)cc3)CC2)c1. The number of anilines is 1. The van der Waals surface area contributed by atoms with Gasteiger partial charge >= 0.3 is 0 Å². The molecular formula is C24H26N4O2. The van der Waals surface area contributed by atoms with Crippen molar-refractivity contribution in [2.75, 3.05) is 31.1 Å². The quantitative estimate of drug-likeness (QED) is 0.655. The highest BCUT2D eigenvalue weighted by molar-refractivity contribution is 5.94. The predicted molar refractivity (Wildman–Crippen MR) is 116 cm³/mol. The predicted octanol–water partition coefficient (Wildman–Crippen LogP) is 4.19. The summed E-state index contributed by atoms with van der Waals surface area (Å²) in [5.74, 6) is 2.01. The van der Waals surface area contributed by atoms with E-state index >= 15 is 0 Å². The minimum atomic E-state index is 0.125. The molecule has 2 aliphatic rings. The Labute approximate surface area is 176 Å². The van der Waals surface area contributed by atoms with Gasteiger partial charge in [0.1, 0.15) is 0 Å². The van der Waals surface area contributed by atoms with E-state index in [1.165, 1.54) is 0 Å². The fraction of sp³-hybridized carbons (Fsp3) is 0.375. The number of carbonyl (C=O) groups is 1. The maximum Gasteiger partial charge on any atom is 0.253 e. The average molecular weight is 402 g/mol. The van der Waals surface area contributed by atoms with Gasteiger partial charge in [-0.3, -0.25) is 4.79 Å². The van der Waals surface area contributed by atoms with Gasteiger partial charge in [0.25, 0.3) is 5.91 Å². The van der Waals surface area contributed by atoms with Crippen LogP contribution in [0.15, 0.2) is 47.0 Å². The van der Waals surface area contributed by atoms with E-state index in [4.69, 9.17) is 4.52 Å². The number of nitrogens with zero attached hydrogens (tertiary/aromatic N) is 4. The lowest BCUT2D eigenvalue weighted by Crippen LogP contribution is -2.48. The standard InChI is InChI=1S/C24H26N4O2/c1-16-13-17(2)15-20(14-16)24(29)28-11-9-27(10-12-28)21-7-5-18(6-8-21)22-25-23(30-26-22)19-3-4-19/h5-8,13-15,19H,3-4,9-12H2,1-2H3. The first-order valence-electron chi connectivity index (χ1n) is 10.6. The van der Waals surface area contributed by atoms with E-state index in [1.807, 2.05) is 43.0 Å². The van der Waals surface area contributed by atoms with Gasteiger partial charge in [-0.05, 0) is 63.1 Å². The molecule has 1 amide bonds. The molecular weight excluding hydrogens is 376 g/mol. The number of carbonyl (C=O) groups excluding carboxylic acids is 1. The first-order valence-corrected chi connectivity index (χ1v) is 10.6. The van der Waals surface area contributed by atoms with Gasteiger partial charge in [0.15, 0.2) is 0 Å². The molecule has 1 saturated heterocycles. The van der Waals surface area contributed by atoms with Crippen LogP contribution < -0.4 is 4.90 Å². The zero-order chi connectivity index (χ0) is 20.7. The minimum Gasteiger partial charge on any atom is -0.368 e. The highest BCUT2D eigenvalue weighted by atomic mass is 16.5. The molecule has 1 aromatic heterocycles. The first-order chi connectivity index (χ1) is 14.6. The molecule has 5 rings (SSSR count). The van der Waals surface area contributed by atoms with Crippen LogP contribution in [0.3, 0.4) is 0 Å². The van der Waals surface area contributed by atoms with Gasteiger partial charge in [0, 0.05) is 48.9 Å². The molecule has 2 fully saturated rings. The fourth-order valence-electron chi connectivity index (χ4n) is 4.12. The topological polar surface area (TPSA) is 62.5 Å². The molecule has 3 aromatic rings. The van der Waals surface area contributed by atoms with Crippen molar-refractivity contribution in [1.29, 1.82) is 0 Å². The molecule has 1 aliphatic carbocycles. The number of benzene rings is 2. The van der Waals surface area contributed by atoms with Crippen LogP contribution in [0.1, 0.15) is 46.1 Å². The molecule has 2 aromatic carbocycles. The molecule has 0 N–H and O–H groups in total. The summed E-state index contributed by atoms with van der Waals surface area (Å²) in [4.78, 5) is 21.7. The van der Waals surface area contributed by atoms with Gasteiger partial charge in [-0.25, -0.2) is 0 Å². The Balaban J connectivity index is 1.22. The normalized spacial score (nSPS) is 16.7. The number of piperazine rings is 1. The fourth-order valence-corrected chi connectivity index (χ4v) is 4.12. The maximum atomic E-state index is 12.9. The lowest BCUT2D eigenvalue weighted by molar-refractivity contribution is 0.0746. The number of hydrogen-bond acceptors (Lipinski definition) is 5. The van der Waals surface area contributed by atoms with Crippen molar-refractivity contribution in [2.45, 2.75) is 32.6 Å². The summed E-state index contributed by atoms with van der Waals surface area (Å²) in [5, 5.41) is 4.12. The van der Waals surface area contributed by atoms with Crippen molar-refractivity contribution in [3.63, 3.8) is 0 Å². The molecule has 2 heterocycles. The Bertz CT molecular complexity index is 1040. The maximum absolute atomic E-state index is 12.9. The summed E-state index contributed by atoms with van der Waals surface area (Å²) >= 11 is 0. The van der Waals surface area contributed by atoms with Crippen LogP contribution >= 0.6 is 0 Å². The van der Waals surface area contributed by atoms with E-state index in [0.717, 1.165) is 72.9 Å². The number of aryl methyl sites for hydroxylation is 2. The summed E-state index contributed by atoms with van der Waals surface area (Å²) in [5.41, 5.74) is 5.17. The Kier molecular flexibility index (Phi) is 4.77. The van der Waals surface area contributed by atoms with Crippen LogP contribution in [-0.4, -0.2) is 47.1 Å². The molecule has 1 aliphatic heterocycles. The van der Waals surface area contributed by atoms with Crippen LogP contribution in [0.4, 0.5) is 5.69 Å². The van der Waals surface area contributed by atoms with E-state index in [2.05, 4.69) is 33.2 Å². The van der Waals surface area contributed by atoms with Crippen molar-refractivity contribution >= 4 is 11.6 Å². The van der Waals surface area contributed by atoms with Crippen molar-refractivity contribution in [3.05, 3.63) is 65.0 Å². The Hall–Kier alpha value is -3.15. The first kappa shape index (κ1) is 18.9. The van der Waals surface area contributed by atoms with Crippen molar-refractivity contribution in [1.82, 2.24) is 15.0 Å². The zero-order valence-electron chi connectivity index (χ0n) is 17.5. The van der Waals surface area contributed by atoms with Gasteiger partial charge in [-0.15, -0.1) is 0 Å². The second kappa shape index (κ2) is 7.59. The molecule has 1 saturated carbocycles. The molecule has 0 atom stereocenters. The van der Waals surface area contributed by atoms with Crippen molar-refractivity contribution < 1.29 is 9.32 Å². The molecule has 0 radical (unpaired) electrons. The van der Waals surface area contributed by atoms with E-state index in [0.29, 0.717) is 11.7 Å². The Morgan fingerprint density at radius 1 is 0.967 bits per heavy atom. The number of amides is 1. The molecule has 0 spiro atoms. The van der Waals surface area contributed by atoms with E-state index in [9.17, 15) is 4.79 Å². The minimum absolute atomic E-state index is 0.125. The van der Waals surface area contributed by atoms with Gasteiger partial charge < -0.3 is 14.3 Å². The van der Waals surface area contributed by atoms with Gasteiger partial charge in [0.05, 0.1) is 0 Å². The van der Waals surface area contributed by atoms with Crippen LogP contribution in [0.25, 0.3) is 11.4 Å². The lowest BCUT2D eigenvalue weighted by Gasteiger charge is -2.36. The van der Waals surface area contributed by atoms with Crippen LogP contribution in [0.5, 0.6) is 0 Å². The number of aromatic nitrogens is 2. The van der Waals surface area contributed by atoms with Crippen LogP contribution in [0.2, 0.25) is 0 Å². The molecule has 0 unspecified atom stereocenters. The highest BCUT2D eigenvalue weighted by Gasteiger charge is 2.30. The average Bonchev–Trinajstić information content (AvgIpc) is 3.49. The van der Waals surface area contributed by atoms with Crippen molar-refractivity contribution in [3.8, 4) is 11.4 Å². The van der Waals surface area contributed by atoms with E-state index in [1.54, 1.807) is 0 Å². The van der Waals surface area contributed by atoms with Gasteiger partial charge in [-0.1, -0.05) is 22.3 Å². The zero-order valence-corrected chi connectivity index (χ0v) is 17.5. The summed E-state index contributed by atoms with van der Waals surface area (Å²) in [6.07, 6.45) is 2.30. The molecule has 0 bridgehead atoms. The Morgan fingerprint density at radius 3 is 2.27 bits per heavy atom. The molecule has 6 heteroatoms. The molecule has 30 heavy (non-hydrogen) atoms. The monoisotopic (exact) mass is 402 g/mol. The van der Waals surface area contributed by atoms with Gasteiger partial charge in [0.2, 0.25) is 11.7 Å². The molecule has 6 nitrogen and oxygen atoms in total. The van der Waals surface area contributed by atoms with E-state index in [-0.39, 0.29) is 5.91 Å². The Morgan fingerprint density at radius 2 is 1.63 bits per heavy atom. The lowest BCUT2D eigenvalue weighted by atomic mass is 10.1. The third-order valence-corrected chi connectivity index (χ3v) is 5.89. The number of rotatable bonds is 4. The smallest absolute Gasteiger partial charge is 0.253 e. The summed E-state index contributed by atoms with van der Waals surface area (Å²) in [7, 11) is 0. The second-order valence-corrected chi connectivity index (χ2v) is 8.43. The third kappa shape index (κ3) is 3.82.